The smallest absolute Gasteiger partial charge is 0.133 e. The molecule has 33 heavy (non-hydrogen) atoms. The van der Waals surface area contributed by atoms with E-state index in [0.717, 1.165) is 30.6 Å². The molecule has 1 fully saturated rings. The van der Waals surface area contributed by atoms with Gasteiger partial charge in [-0.2, -0.15) is 0 Å². The number of terminal acetylenes is 1. The molecule has 2 bridgehead atoms. The number of hydrogen-bond donors (Lipinski definition) is 0. The highest BCUT2D eigenvalue weighted by atomic mass is 15.2. The first kappa shape index (κ1) is 21.8. The molecule has 1 saturated carbocycles. The second-order valence-corrected chi connectivity index (χ2v) is 11.0. The third-order valence-corrected chi connectivity index (χ3v) is 7.18. The first-order valence-corrected chi connectivity index (χ1v) is 12.3. The molecular formula is C31H34N2. The Morgan fingerprint density at radius 2 is 1.82 bits per heavy atom. The lowest BCUT2D eigenvalue weighted by Crippen LogP contribution is -2.39. The Balaban J connectivity index is 1.43. The second kappa shape index (κ2) is 8.71. The van der Waals surface area contributed by atoms with Crippen LogP contribution >= 0.6 is 0 Å². The molecule has 0 spiro atoms. The van der Waals surface area contributed by atoms with Gasteiger partial charge in [0.25, 0.3) is 0 Å². The quantitative estimate of drug-likeness (QED) is 0.401. The highest BCUT2D eigenvalue weighted by molar-refractivity contribution is 5.66. The van der Waals surface area contributed by atoms with Crippen molar-refractivity contribution < 1.29 is 0 Å². The van der Waals surface area contributed by atoms with E-state index in [-0.39, 0.29) is 5.41 Å². The van der Waals surface area contributed by atoms with Gasteiger partial charge in [-0.15, -0.1) is 6.42 Å². The van der Waals surface area contributed by atoms with Crippen LogP contribution in [0.5, 0.6) is 0 Å². The summed E-state index contributed by atoms with van der Waals surface area (Å²) in [7, 11) is 0. The molecule has 2 atom stereocenters. The molecular weight excluding hydrogens is 400 g/mol. The fourth-order valence-corrected chi connectivity index (χ4v) is 5.62. The van der Waals surface area contributed by atoms with Crippen molar-refractivity contribution in [2.45, 2.75) is 64.8 Å². The third kappa shape index (κ3) is 4.69. The van der Waals surface area contributed by atoms with Crippen molar-refractivity contribution in [3.05, 3.63) is 82.9 Å². The summed E-state index contributed by atoms with van der Waals surface area (Å²) >= 11 is 0. The van der Waals surface area contributed by atoms with Crippen LogP contribution < -0.4 is 4.90 Å². The normalized spacial score (nSPS) is 19.3. The molecule has 2 nitrogen and oxygen atoms in total. The van der Waals surface area contributed by atoms with E-state index in [1.165, 1.54) is 47.3 Å². The molecule has 0 amide bonds. The molecule has 2 heteroatoms. The Morgan fingerprint density at radius 3 is 2.58 bits per heavy atom. The van der Waals surface area contributed by atoms with E-state index in [1.54, 1.807) is 0 Å². The van der Waals surface area contributed by atoms with Gasteiger partial charge in [-0.1, -0.05) is 63.1 Å². The van der Waals surface area contributed by atoms with Crippen LogP contribution in [0.2, 0.25) is 0 Å². The van der Waals surface area contributed by atoms with E-state index in [9.17, 15) is 0 Å². The summed E-state index contributed by atoms with van der Waals surface area (Å²) < 4.78 is 0. The van der Waals surface area contributed by atoms with Crippen LogP contribution in [0.15, 0.2) is 60.7 Å². The number of fused-ring (bicyclic) bond motifs is 4. The van der Waals surface area contributed by atoms with Gasteiger partial charge < -0.3 is 4.90 Å². The number of aromatic nitrogens is 1. The van der Waals surface area contributed by atoms with E-state index < -0.39 is 0 Å². The van der Waals surface area contributed by atoms with Crippen molar-refractivity contribution in [3.63, 3.8) is 0 Å². The molecule has 1 aliphatic carbocycles. The van der Waals surface area contributed by atoms with Crippen LogP contribution in [0.3, 0.4) is 0 Å². The molecule has 1 aliphatic heterocycles. The Kier molecular flexibility index (Phi) is 5.75. The lowest BCUT2D eigenvalue weighted by atomic mass is 9.87. The zero-order valence-corrected chi connectivity index (χ0v) is 20.1. The van der Waals surface area contributed by atoms with Crippen molar-refractivity contribution in [1.82, 2.24) is 4.98 Å². The first-order valence-electron chi connectivity index (χ1n) is 12.3. The number of nitrogens with zero attached hydrogens (tertiary/aromatic N) is 2. The summed E-state index contributed by atoms with van der Waals surface area (Å²) in [5.41, 5.74) is 7.70. The van der Waals surface area contributed by atoms with Gasteiger partial charge in [0.1, 0.15) is 5.82 Å². The van der Waals surface area contributed by atoms with Crippen LogP contribution in [0.1, 0.15) is 68.2 Å². The SMILES string of the molecule is C#Cc1ccc(CCN2c3nc(-c4cccc(CC(C)(C)C)c4)ccc3C3CCC2C3)cc1. The summed E-state index contributed by atoms with van der Waals surface area (Å²) in [6.07, 6.45) is 11.4. The first-order chi connectivity index (χ1) is 15.9. The monoisotopic (exact) mass is 434 g/mol. The van der Waals surface area contributed by atoms with Crippen molar-refractivity contribution in [3.8, 4) is 23.6 Å². The summed E-state index contributed by atoms with van der Waals surface area (Å²) in [5.74, 6) is 4.60. The number of hydrogen-bond acceptors (Lipinski definition) is 2. The Morgan fingerprint density at radius 1 is 1.00 bits per heavy atom. The molecule has 2 heterocycles. The molecule has 3 aromatic rings. The molecule has 2 aromatic carbocycles. The number of pyridine rings is 1. The molecule has 0 radical (unpaired) electrons. The minimum absolute atomic E-state index is 0.274. The third-order valence-electron chi connectivity index (χ3n) is 7.18. The van der Waals surface area contributed by atoms with E-state index in [2.05, 4.69) is 80.1 Å². The van der Waals surface area contributed by atoms with Crippen LogP contribution in [0, 0.1) is 17.8 Å². The summed E-state index contributed by atoms with van der Waals surface area (Å²) in [6, 6.07) is 22.6. The van der Waals surface area contributed by atoms with E-state index in [1.807, 2.05) is 12.1 Å². The zero-order chi connectivity index (χ0) is 23.0. The largest absolute Gasteiger partial charge is 0.353 e. The van der Waals surface area contributed by atoms with Gasteiger partial charge in [-0.3, -0.25) is 0 Å². The standard InChI is InChI=1S/C31H34N2/c1-5-22-9-11-23(12-10-22)17-18-33-27-14-13-25(20-27)28-15-16-29(32-30(28)33)26-8-6-7-24(19-26)21-31(2,3)4/h1,6-12,15-16,19,25,27H,13-14,17-18,20-21H2,2-4H3. The van der Waals surface area contributed by atoms with Gasteiger partial charge in [0.15, 0.2) is 0 Å². The van der Waals surface area contributed by atoms with E-state index in [0.29, 0.717) is 12.0 Å². The highest BCUT2D eigenvalue weighted by Crippen LogP contribution is 2.47. The number of rotatable bonds is 5. The maximum atomic E-state index is 5.52. The van der Waals surface area contributed by atoms with Crippen LogP contribution in [-0.2, 0) is 12.8 Å². The summed E-state index contributed by atoms with van der Waals surface area (Å²) in [5, 5.41) is 0. The van der Waals surface area contributed by atoms with Gasteiger partial charge in [0.05, 0.1) is 5.69 Å². The minimum Gasteiger partial charge on any atom is -0.353 e. The lowest BCUT2D eigenvalue weighted by Gasteiger charge is -2.36. The molecule has 168 valence electrons. The molecule has 0 N–H and O–H groups in total. The number of benzene rings is 2. The van der Waals surface area contributed by atoms with Gasteiger partial charge in [-0.05, 0) is 84.4 Å². The molecule has 5 rings (SSSR count). The predicted molar refractivity (Wildman–Crippen MR) is 139 cm³/mol. The Bertz CT molecular complexity index is 1180. The van der Waals surface area contributed by atoms with Gasteiger partial charge in [0, 0.05) is 23.7 Å². The maximum Gasteiger partial charge on any atom is 0.133 e. The molecule has 2 aliphatic rings. The van der Waals surface area contributed by atoms with Crippen LogP contribution in [0.25, 0.3) is 11.3 Å². The van der Waals surface area contributed by atoms with Gasteiger partial charge in [-0.25, -0.2) is 4.98 Å². The topological polar surface area (TPSA) is 16.1 Å². The highest BCUT2D eigenvalue weighted by Gasteiger charge is 2.38. The minimum atomic E-state index is 0.274. The van der Waals surface area contributed by atoms with Crippen LogP contribution in [0.4, 0.5) is 5.82 Å². The Labute approximate surface area is 199 Å². The molecule has 0 saturated heterocycles. The van der Waals surface area contributed by atoms with Gasteiger partial charge >= 0.3 is 0 Å². The van der Waals surface area contributed by atoms with Crippen molar-refractivity contribution >= 4 is 5.82 Å². The van der Waals surface area contributed by atoms with Crippen LogP contribution in [-0.4, -0.2) is 17.6 Å². The lowest BCUT2D eigenvalue weighted by molar-refractivity contribution is 0.411. The summed E-state index contributed by atoms with van der Waals surface area (Å²) in [4.78, 5) is 7.88. The molecule has 1 aromatic heterocycles. The second-order valence-electron chi connectivity index (χ2n) is 11.0. The van der Waals surface area contributed by atoms with E-state index >= 15 is 0 Å². The van der Waals surface area contributed by atoms with E-state index in [4.69, 9.17) is 11.4 Å². The van der Waals surface area contributed by atoms with Gasteiger partial charge in [0.2, 0.25) is 0 Å². The average Bonchev–Trinajstić information content (AvgIpc) is 3.23. The van der Waals surface area contributed by atoms with Crippen molar-refractivity contribution in [2.75, 3.05) is 11.4 Å². The maximum absolute atomic E-state index is 5.52. The van der Waals surface area contributed by atoms with Crippen molar-refractivity contribution in [1.29, 1.82) is 0 Å². The zero-order valence-electron chi connectivity index (χ0n) is 20.1. The number of anilines is 1. The fourth-order valence-electron chi connectivity index (χ4n) is 5.62. The Hall–Kier alpha value is -3.05. The summed E-state index contributed by atoms with van der Waals surface area (Å²) in [6.45, 7) is 7.89. The predicted octanol–water partition coefficient (Wildman–Crippen LogP) is 7.02. The molecule has 2 unspecified atom stereocenters. The van der Waals surface area contributed by atoms with Crippen molar-refractivity contribution in [2.24, 2.45) is 5.41 Å². The average molecular weight is 435 g/mol. The fraction of sp³-hybridized carbons (Fsp3) is 0.387.